The van der Waals surface area contributed by atoms with Crippen molar-refractivity contribution in [2.24, 2.45) is 0 Å². The molecule has 2 aromatic heterocycles. The average Bonchev–Trinajstić information content (AvgIpc) is 2.72. The van der Waals surface area contributed by atoms with Gasteiger partial charge in [0, 0.05) is 22.7 Å². The van der Waals surface area contributed by atoms with Crippen molar-refractivity contribution in [3.05, 3.63) is 67.1 Å². The van der Waals surface area contributed by atoms with Crippen LogP contribution in [-0.4, -0.2) is 27.7 Å². The van der Waals surface area contributed by atoms with Crippen LogP contribution in [-0.2, 0) is 0 Å². The fraction of sp³-hybridized carbons (Fsp3) is 0.0952. The van der Waals surface area contributed by atoms with Gasteiger partial charge in [-0.2, -0.15) is 13.2 Å². The molecule has 0 aliphatic rings. The van der Waals surface area contributed by atoms with E-state index >= 15 is 0 Å². The van der Waals surface area contributed by atoms with E-state index in [0.29, 0.717) is 28.0 Å². The number of fused-ring (bicyclic) bond motifs is 1. The maximum Gasteiger partial charge on any atom is 0.422 e. The predicted octanol–water partition coefficient (Wildman–Crippen LogP) is 4.88. The molecule has 5 nitrogen and oxygen atoms in total. The second-order valence-corrected chi connectivity index (χ2v) is 6.32. The van der Waals surface area contributed by atoms with Crippen molar-refractivity contribution in [2.45, 2.75) is 6.18 Å². The number of anilines is 1. The van der Waals surface area contributed by atoms with Gasteiger partial charge in [0.1, 0.15) is 17.9 Å². The van der Waals surface area contributed by atoms with E-state index in [4.69, 9.17) is 10.5 Å². The highest BCUT2D eigenvalue weighted by molar-refractivity contribution is 5.93. The molecule has 0 aliphatic carbocycles. The van der Waals surface area contributed by atoms with Gasteiger partial charge in [0.15, 0.2) is 6.61 Å². The van der Waals surface area contributed by atoms with Crippen LogP contribution in [0, 0.1) is 0 Å². The summed E-state index contributed by atoms with van der Waals surface area (Å²) in [5, 5.41) is 0.710. The summed E-state index contributed by atoms with van der Waals surface area (Å²) in [6, 6.07) is 15.7. The zero-order valence-electron chi connectivity index (χ0n) is 15.0. The Bertz CT molecular complexity index is 1180. The maximum atomic E-state index is 12.5. The molecular weight excluding hydrogens is 381 g/mol. The van der Waals surface area contributed by atoms with Crippen LogP contribution in [0.25, 0.3) is 33.3 Å². The number of hydrogen-bond acceptors (Lipinski definition) is 5. The molecule has 0 spiro atoms. The lowest BCUT2D eigenvalue weighted by Gasteiger charge is -2.12. The Morgan fingerprint density at radius 3 is 2.59 bits per heavy atom. The van der Waals surface area contributed by atoms with Gasteiger partial charge in [-0.1, -0.05) is 24.3 Å². The van der Waals surface area contributed by atoms with Gasteiger partial charge in [0.05, 0.1) is 11.2 Å². The SMILES string of the molecule is Nc1ncnc2ccc(-c3cccnc3-c3cccc(OCC(F)(F)F)c3)cc12. The van der Waals surface area contributed by atoms with Crippen LogP contribution in [0.3, 0.4) is 0 Å². The molecule has 0 unspecified atom stereocenters. The molecule has 0 amide bonds. The molecule has 0 aliphatic heterocycles. The van der Waals surface area contributed by atoms with E-state index in [-0.39, 0.29) is 5.75 Å². The Labute approximate surface area is 164 Å². The number of benzene rings is 2. The first-order chi connectivity index (χ1) is 13.9. The largest absolute Gasteiger partial charge is 0.484 e. The molecule has 29 heavy (non-hydrogen) atoms. The predicted molar refractivity (Wildman–Crippen MR) is 104 cm³/mol. The summed E-state index contributed by atoms with van der Waals surface area (Å²) in [6.45, 7) is -1.35. The van der Waals surface area contributed by atoms with Crippen molar-refractivity contribution in [1.82, 2.24) is 15.0 Å². The molecule has 2 N–H and O–H groups in total. The molecule has 146 valence electrons. The second kappa shape index (κ2) is 7.38. The van der Waals surface area contributed by atoms with Gasteiger partial charge in [0.2, 0.25) is 0 Å². The lowest BCUT2D eigenvalue weighted by Crippen LogP contribution is -2.19. The van der Waals surface area contributed by atoms with Crippen LogP contribution in [0.15, 0.2) is 67.1 Å². The van der Waals surface area contributed by atoms with Gasteiger partial charge in [-0.05, 0) is 35.9 Å². The topological polar surface area (TPSA) is 73.9 Å². The summed E-state index contributed by atoms with van der Waals surface area (Å²) in [6.07, 6.45) is -1.38. The Kier molecular flexibility index (Phi) is 4.75. The van der Waals surface area contributed by atoms with Gasteiger partial charge in [0.25, 0.3) is 0 Å². The molecule has 4 rings (SSSR count). The number of alkyl halides is 3. The van der Waals surface area contributed by atoms with Crippen LogP contribution >= 0.6 is 0 Å². The molecule has 0 radical (unpaired) electrons. The molecule has 0 bridgehead atoms. The highest BCUT2D eigenvalue weighted by Crippen LogP contribution is 2.34. The number of nitrogens with two attached hydrogens (primary N) is 1. The quantitative estimate of drug-likeness (QED) is 0.532. The minimum absolute atomic E-state index is 0.118. The lowest BCUT2D eigenvalue weighted by atomic mass is 9.98. The summed E-state index contributed by atoms with van der Waals surface area (Å²) < 4.78 is 42.2. The Hall–Kier alpha value is -3.68. The van der Waals surface area contributed by atoms with Gasteiger partial charge < -0.3 is 10.5 Å². The second-order valence-electron chi connectivity index (χ2n) is 6.32. The minimum atomic E-state index is -4.40. The molecule has 0 saturated heterocycles. The fourth-order valence-corrected chi connectivity index (χ4v) is 3.01. The van der Waals surface area contributed by atoms with Gasteiger partial charge >= 0.3 is 6.18 Å². The van der Waals surface area contributed by atoms with Crippen LogP contribution < -0.4 is 10.5 Å². The number of rotatable bonds is 4. The van der Waals surface area contributed by atoms with Crippen molar-refractivity contribution in [2.75, 3.05) is 12.3 Å². The summed E-state index contributed by atoms with van der Waals surface area (Å²) in [5.41, 5.74) is 9.56. The average molecular weight is 396 g/mol. The molecular formula is C21H15F3N4O. The van der Waals surface area contributed by atoms with Crippen LogP contribution in [0.5, 0.6) is 5.75 Å². The molecule has 2 aromatic carbocycles. The normalized spacial score (nSPS) is 11.6. The number of ether oxygens (including phenoxy) is 1. The third-order valence-electron chi connectivity index (χ3n) is 4.29. The summed E-state index contributed by atoms with van der Waals surface area (Å²) in [7, 11) is 0. The molecule has 8 heteroatoms. The first kappa shape index (κ1) is 18.7. The highest BCUT2D eigenvalue weighted by Gasteiger charge is 2.28. The molecule has 0 saturated carbocycles. The van der Waals surface area contributed by atoms with Crippen molar-refractivity contribution >= 4 is 16.7 Å². The Morgan fingerprint density at radius 2 is 1.76 bits per heavy atom. The summed E-state index contributed by atoms with van der Waals surface area (Å²) in [5.74, 6) is 0.484. The maximum absolute atomic E-state index is 12.5. The van der Waals surface area contributed by atoms with E-state index in [0.717, 1.165) is 11.1 Å². The van der Waals surface area contributed by atoms with Crippen molar-refractivity contribution < 1.29 is 17.9 Å². The van der Waals surface area contributed by atoms with Crippen molar-refractivity contribution in [3.63, 3.8) is 0 Å². The van der Waals surface area contributed by atoms with E-state index in [2.05, 4.69) is 15.0 Å². The van der Waals surface area contributed by atoms with Crippen molar-refractivity contribution in [1.29, 1.82) is 0 Å². The summed E-state index contributed by atoms with van der Waals surface area (Å²) >= 11 is 0. The number of nitrogens with zero attached hydrogens (tertiary/aromatic N) is 3. The van der Waals surface area contributed by atoms with Crippen LogP contribution in [0.1, 0.15) is 0 Å². The highest BCUT2D eigenvalue weighted by atomic mass is 19.4. The number of pyridine rings is 1. The van der Waals surface area contributed by atoms with Gasteiger partial charge in [-0.15, -0.1) is 0 Å². The number of hydrogen-bond donors (Lipinski definition) is 1. The van der Waals surface area contributed by atoms with E-state index in [9.17, 15) is 13.2 Å². The zero-order valence-corrected chi connectivity index (χ0v) is 15.0. The van der Waals surface area contributed by atoms with Gasteiger partial charge in [-0.25, -0.2) is 9.97 Å². The summed E-state index contributed by atoms with van der Waals surface area (Å²) in [4.78, 5) is 12.6. The molecule has 2 heterocycles. The third kappa shape index (κ3) is 4.11. The van der Waals surface area contributed by atoms with E-state index < -0.39 is 12.8 Å². The Balaban J connectivity index is 1.76. The number of aromatic nitrogens is 3. The van der Waals surface area contributed by atoms with E-state index in [1.54, 1.807) is 24.4 Å². The monoisotopic (exact) mass is 396 g/mol. The van der Waals surface area contributed by atoms with Crippen LogP contribution in [0.4, 0.5) is 19.0 Å². The Morgan fingerprint density at radius 1 is 0.897 bits per heavy atom. The standard InChI is InChI=1S/C21H15F3N4O/c22-21(23,24)11-29-15-4-1-3-14(9-15)19-16(5-2-8-26-19)13-6-7-18-17(10-13)20(25)28-12-27-18/h1-10,12H,11H2,(H2,25,27,28). The van der Waals surface area contributed by atoms with Crippen LogP contribution in [0.2, 0.25) is 0 Å². The third-order valence-corrected chi connectivity index (χ3v) is 4.29. The first-order valence-electron chi connectivity index (χ1n) is 8.66. The fourth-order valence-electron chi connectivity index (χ4n) is 3.01. The molecule has 0 fully saturated rings. The lowest BCUT2D eigenvalue weighted by molar-refractivity contribution is -0.153. The van der Waals surface area contributed by atoms with E-state index in [1.165, 1.54) is 18.5 Å². The minimum Gasteiger partial charge on any atom is -0.484 e. The number of nitrogen functional groups attached to an aromatic ring is 1. The molecule has 0 atom stereocenters. The van der Waals surface area contributed by atoms with E-state index in [1.807, 2.05) is 24.3 Å². The van der Waals surface area contributed by atoms with Gasteiger partial charge in [-0.3, -0.25) is 4.98 Å². The molecule has 4 aromatic rings. The smallest absolute Gasteiger partial charge is 0.422 e. The first-order valence-corrected chi connectivity index (χ1v) is 8.66. The van der Waals surface area contributed by atoms with Crippen molar-refractivity contribution in [3.8, 4) is 28.1 Å². The number of halogens is 3. The zero-order chi connectivity index (χ0) is 20.4.